The minimum atomic E-state index is 0.284. The maximum Gasteiger partial charge on any atom is 0.115 e. The topological polar surface area (TPSA) is 20.2 Å². The van der Waals surface area contributed by atoms with E-state index in [4.69, 9.17) is 5.11 Å². The van der Waals surface area contributed by atoms with Gasteiger partial charge in [0.25, 0.3) is 0 Å². The highest BCUT2D eigenvalue weighted by Gasteiger charge is 1.95. The average molecular weight is 216 g/mol. The van der Waals surface area contributed by atoms with E-state index in [1.165, 1.54) is 0 Å². The van der Waals surface area contributed by atoms with Crippen LogP contribution in [0.1, 0.15) is 26.3 Å². The summed E-state index contributed by atoms with van der Waals surface area (Å²) in [4.78, 5) is 0. The van der Waals surface area contributed by atoms with Crippen LogP contribution in [0, 0.1) is 0 Å². The van der Waals surface area contributed by atoms with Gasteiger partial charge < -0.3 is 5.11 Å². The minimum absolute atomic E-state index is 0.284. The molecular formula is C15H20O. The fraction of sp³-hybridized carbons (Fsp3) is 0.200. The van der Waals surface area contributed by atoms with Crippen LogP contribution in [0.4, 0.5) is 0 Å². The summed E-state index contributed by atoms with van der Waals surface area (Å²) in [6.07, 6.45) is 7.67. The van der Waals surface area contributed by atoms with Crippen LogP contribution in [0.5, 0.6) is 5.75 Å². The average Bonchev–Trinajstić information content (AvgIpc) is 2.32. The van der Waals surface area contributed by atoms with Gasteiger partial charge in [0.15, 0.2) is 0 Å². The molecule has 0 aliphatic rings. The van der Waals surface area contributed by atoms with Gasteiger partial charge in [0.1, 0.15) is 5.75 Å². The van der Waals surface area contributed by atoms with Crippen LogP contribution in [0.25, 0.3) is 5.57 Å². The van der Waals surface area contributed by atoms with Crippen LogP contribution >= 0.6 is 0 Å². The van der Waals surface area contributed by atoms with Crippen molar-refractivity contribution in [2.45, 2.75) is 20.8 Å². The van der Waals surface area contributed by atoms with E-state index in [1.54, 1.807) is 18.2 Å². The standard InChI is InChI=1S/C13H14O.C2H6/c1-3-5-11(6-4-2)12-7-9-13(14)10-8-12;1-2/h3-10,14H,1H2,2H3;1-2H3/b6-4-,11-5+;. The summed E-state index contributed by atoms with van der Waals surface area (Å²) in [6, 6.07) is 7.11. The molecule has 0 atom stereocenters. The zero-order valence-electron chi connectivity index (χ0n) is 10.3. The van der Waals surface area contributed by atoms with Crippen molar-refractivity contribution in [1.29, 1.82) is 0 Å². The molecule has 0 fully saturated rings. The Kier molecular flexibility index (Phi) is 7.60. The van der Waals surface area contributed by atoms with Crippen molar-refractivity contribution in [3.63, 3.8) is 0 Å². The fourth-order valence-electron chi connectivity index (χ4n) is 1.21. The van der Waals surface area contributed by atoms with Crippen LogP contribution in [0.15, 0.2) is 55.1 Å². The first-order valence-corrected chi connectivity index (χ1v) is 5.52. The molecule has 0 aliphatic heterocycles. The molecule has 0 unspecified atom stereocenters. The van der Waals surface area contributed by atoms with E-state index in [9.17, 15) is 0 Å². The number of aromatic hydroxyl groups is 1. The molecule has 0 aromatic heterocycles. The molecule has 1 aromatic carbocycles. The fourth-order valence-corrected chi connectivity index (χ4v) is 1.21. The molecule has 1 nitrogen and oxygen atoms in total. The number of allylic oxidation sites excluding steroid dienone is 5. The van der Waals surface area contributed by atoms with Gasteiger partial charge in [-0.25, -0.2) is 0 Å². The van der Waals surface area contributed by atoms with E-state index in [0.717, 1.165) is 11.1 Å². The Balaban J connectivity index is 0.00000106. The Morgan fingerprint density at radius 2 is 1.75 bits per heavy atom. The zero-order valence-corrected chi connectivity index (χ0v) is 10.3. The van der Waals surface area contributed by atoms with Crippen LogP contribution in [-0.2, 0) is 0 Å². The van der Waals surface area contributed by atoms with Crippen molar-refractivity contribution in [2.75, 3.05) is 0 Å². The summed E-state index contributed by atoms with van der Waals surface area (Å²) in [5.41, 5.74) is 2.16. The molecule has 16 heavy (non-hydrogen) atoms. The summed E-state index contributed by atoms with van der Waals surface area (Å²) < 4.78 is 0. The number of phenols is 1. The zero-order chi connectivity index (χ0) is 12.4. The van der Waals surface area contributed by atoms with E-state index in [2.05, 4.69) is 6.58 Å². The second-order valence-electron chi connectivity index (χ2n) is 2.90. The Bertz CT molecular complexity index is 356. The van der Waals surface area contributed by atoms with E-state index >= 15 is 0 Å². The van der Waals surface area contributed by atoms with Crippen LogP contribution < -0.4 is 0 Å². The second-order valence-corrected chi connectivity index (χ2v) is 2.90. The van der Waals surface area contributed by atoms with Crippen LogP contribution in [0.2, 0.25) is 0 Å². The first kappa shape index (κ1) is 14.2. The van der Waals surface area contributed by atoms with Gasteiger partial charge in [-0.15, -0.1) is 0 Å². The highest BCUT2D eigenvalue weighted by molar-refractivity contribution is 5.75. The lowest BCUT2D eigenvalue weighted by molar-refractivity contribution is 0.475. The van der Waals surface area contributed by atoms with Crippen molar-refractivity contribution in [3.05, 3.63) is 60.7 Å². The highest BCUT2D eigenvalue weighted by atomic mass is 16.3. The molecule has 0 heterocycles. The van der Waals surface area contributed by atoms with E-state index in [1.807, 2.05) is 51.1 Å². The second kappa shape index (κ2) is 8.54. The predicted molar refractivity (Wildman–Crippen MR) is 72.4 cm³/mol. The lowest BCUT2D eigenvalue weighted by Gasteiger charge is -2.01. The SMILES string of the molecule is C=C/C=C(\C=C/C)c1ccc(O)cc1.CC. The smallest absolute Gasteiger partial charge is 0.115 e. The lowest BCUT2D eigenvalue weighted by Crippen LogP contribution is -1.79. The number of hydrogen-bond acceptors (Lipinski definition) is 1. The Hall–Kier alpha value is -1.76. The van der Waals surface area contributed by atoms with Gasteiger partial charge in [0, 0.05) is 0 Å². The Morgan fingerprint density at radius 3 is 2.19 bits per heavy atom. The van der Waals surface area contributed by atoms with Gasteiger partial charge in [-0.05, 0) is 30.2 Å². The molecule has 1 N–H and O–H groups in total. The summed E-state index contributed by atoms with van der Waals surface area (Å²) >= 11 is 0. The maximum atomic E-state index is 9.14. The third kappa shape index (κ3) is 4.65. The minimum Gasteiger partial charge on any atom is -0.508 e. The summed E-state index contributed by atoms with van der Waals surface area (Å²) in [6.45, 7) is 9.64. The molecule has 0 spiro atoms. The third-order valence-electron chi connectivity index (χ3n) is 1.84. The molecular weight excluding hydrogens is 196 g/mol. The molecule has 0 saturated carbocycles. The number of phenolic OH excluding ortho intramolecular Hbond substituents is 1. The van der Waals surface area contributed by atoms with Crippen molar-refractivity contribution < 1.29 is 5.11 Å². The summed E-state index contributed by atoms with van der Waals surface area (Å²) in [7, 11) is 0. The maximum absolute atomic E-state index is 9.14. The van der Waals surface area contributed by atoms with E-state index in [-0.39, 0.29) is 5.75 Å². The molecule has 0 radical (unpaired) electrons. The van der Waals surface area contributed by atoms with Gasteiger partial charge >= 0.3 is 0 Å². The largest absolute Gasteiger partial charge is 0.508 e. The predicted octanol–water partition coefficient (Wildman–Crippen LogP) is 4.56. The first-order valence-electron chi connectivity index (χ1n) is 5.52. The molecule has 0 bridgehead atoms. The van der Waals surface area contributed by atoms with Crippen molar-refractivity contribution in [2.24, 2.45) is 0 Å². The van der Waals surface area contributed by atoms with Gasteiger partial charge in [-0.3, -0.25) is 0 Å². The molecule has 86 valence electrons. The van der Waals surface area contributed by atoms with E-state index in [0.29, 0.717) is 0 Å². The van der Waals surface area contributed by atoms with Gasteiger partial charge in [0.2, 0.25) is 0 Å². The number of benzene rings is 1. The quantitative estimate of drug-likeness (QED) is 0.734. The molecule has 0 aliphatic carbocycles. The molecule has 1 rings (SSSR count). The number of hydrogen-bond donors (Lipinski definition) is 1. The van der Waals surface area contributed by atoms with Crippen molar-refractivity contribution in [1.82, 2.24) is 0 Å². The third-order valence-corrected chi connectivity index (χ3v) is 1.84. The van der Waals surface area contributed by atoms with E-state index < -0.39 is 0 Å². The lowest BCUT2D eigenvalue weighted by atomic mass is 10.1. The van der Waals surface area contributed by atoms with Crippen LogP contribution in [0.3, 0.4) is 0 Å². The summed E-state index contributed by atoms with van der Waals surface area (Å²) in [5.74, 6) is 0.284. The first-order chi connectivity index (χ1) is 7.77. The molecule has 0 saturated heterocycles. The number of rotatable bonds is 3. The summed E-state index contributed by atoms with van der Waals surface area (Å²) in [5, 5.41) is 9.14. The van der Waals surface area contributed by atoms with Gasteiger partial charge in [-0.1, -0.05) is 56.9 Å². The Labute approximate surface area is 98.4 Å². The van der Waals surface area contributed by atoms with Crippen molar-refractivity contribution in [3.8, 4) is 5.75 Å². The normalized spacial score (nSPS) is 10.8. The molecule has 1 heteroatoms. The van der Waals surface area contributed by atoms with Crippen molar-refractivity contribution >= 4 is 5.57 Å². The highest BCUT2D eigenvalue weighted by Crippen LogP contribution is 2.19. The molecule has 0 amide bonds. The van der Waals surface area contributed by atoms with Crippen LogP contribution in [-0.4, -0.2) is 5.11 Å². The molecule has 1 aromatic rings. The Morgan fingerprint density at radius 1 is 1.19 bits per heavy atom. The van der Waals surface area contributed by atoms with Gasteiger partial charge in [-0.2, -0.15) is 0 Å². The monoisotopic (exact) mass is 216 g/mol. The van der Waals surface area contributed by atoms with Gasteiger partial charge in [0.05, 0.1) is 0 Å².